The summed E-state index contributed by atoms with van der Waals surface area (Å²) in [6.45, 7) is 2.53. The Morgan fingerprint density at radius 3 is 2.94 bits per heavy atom. The lowest BCUT2D eigenvalue weighted by Crippen LogP contribution is -2.37. The number of hydrogen-bond donors (Lipinski definition) is 4. The topological polar surface area (TPSA) is 145 Å². The molecule has 2 aliphatic heterocycles. The first-order valence-corrected chi connectivity index (χ1v) is 10.8. The number of anilines is 2. The van der Waals surface area contributed by atoms with Crippen LogP contribution in [0.2, 0.25) is 0 Å². The number of carbonyl (C=O) groups is 1. The number of amides is 1. The Hall–Kier alpha value is -3.25. The fourth-order valence-corrected chi connectivity index (χ4v) is 4.44. The number of aliphatic hydroxyl groups excluding tert-OH is 1. The van der Waals surface area contributed by atoms with Gasteiger partial charge in [0.15, 0.2) is 17.7 Å². The highest BCUT2D eigenvalue weighted by Gasteiger charge is 2.26. The average molecular weight is 440 g/mol. The molecule has 2 aliphatic rings. The number of aromatic nitrogens is 6. The SMILES string of the molecule is O=C1NC(O)C(=Cc2ccnc(N3CCC(CNc4ncnc5nc[nH]c45)CC3)n2)S1. The van der Waals surface area contributed by atoms with Crippen LogP contribution in [-0.4, -0.2) is 66.1 Å². The third-order valence-electron chi connectivity index (χ3n) is 5.37. The number of aliphatic hydroxyl groups is 1. The van der Waals surface area contributed by atoms with Crippen molar-refractivity contribution in [3.63, 3.8) is 0 Å². The van der Waals surface area contributed by atoms with Gasteiger partial charge >= 0.3 is 0 Å². The van der Waals surface area contributed by atoms with Crippen LogP contribution in [-0.2, 0) is 0 Å². The van der Waals surface area contributed by atoms with Gasteiger partial charge in [-0.05, 0) is 42.7 Å². The Morgan fingerprint density at radius 1 is 1.26 bits per heavy atom. The maximum atomic E-state index is 11.4. The van der Waals surface area contributed by atoms with Gasteiger partial charge in [-0.25, -0.2) is 24.9 Å². The van der Waals surface area contributed by atoms with Gasteiger partial charge in [0.05, 0.1) is 12.0 Å². The van der Waals surface area contributed by atoms with Crippen molar-refractivity contribution in [3.8, 4) is 0 Å². The summed E-state index contributed by atoms with van der Waals surface area (Å²) in [5.41, 5.74) is 2.14. The normalized spacial score (nSPS) is 21.1. The number of H-pyrrole nitrogens is 1. The summed E-state index contributed by atoms with van der Waals surface area (Å²) in [4.78, 5) is 38.8. The van der Waals surface area contributed by atoms with E-state index in [1.54, 1.807) is 24.7 Å². The van der Waals surface area contributed by atoms with Crippen LogP contribution in [0.15, 0.2) is 29.8 Å². The minimum absolute atomic E-state index is 0.265. The van der Waals surface area contributed by atoms with Gasteiger partial charge in [-0.3, -0.25) is 4.79 Å². The second kappa shape index (κ2) is 8.47. The molecule has 3 aromatic heterocycles. The molecule has 0 aliphatic carbocycles. The highest BCUT2D eigenvalue weighted by atomic mass is 32.2. The first-order valence-electron chi connectivity index (χ1n) is 9.99. The Balaban J connectivity index is 1.18. The Kier molecular flexibility index (Phi) is 5.38. The summed E-state index contributed by atoms with van der Waals surface area (Å²) in [6, 6.07) is 1.77. The summed E-state index contributed by atoms with van der Waals surface area (Å²) >= 11 is 0.980. The monoisotopic (exact) mass is 439 g/mol. The molecule has 0 spiro atoms. The molecule has 1 amide bonds. The maximum Gasteiger partial charge on any atom is 0.285 e. The molecule has 1 unspecified atom stereocenters. The van der Waals surface area contributed by atoms with Crippen molar-refractivity contribution in [1.82, 2.24) is 35.2 Å². The molecule has 0 saturated carbocycles. The van der Waals surface area contributed by atoms with E-state index in [9.17, 15) is 9.90 Å². The molecular weight excluding hydrogens is 418 g/mol. The largest absolute Gasteiger partial charge is 0.369 e. The summed E-state index contributed by atoms with van der Waals surface area (Å²) in [7, 11) is 0. The minimum atomic E-state index is -0.975. The Labute approximate surface area is 181 Å². The molecule has 0 aromatic carbocycles. The Bertz CT molecular complexity index is 1130. The zero-order valence-corrected chi connectivity index (χ0v) is 17.3. The number of piperidine rings is 1. The van der Waals surface area contributed by atoms with E-state index in [-0.39, 0.29) is 5.24 Å². The van der Waals surface area contributed by atoms with Gasteiger partial charge < -0.3 is 25.6 Å². The maximum absolute atomic E-state index is 11.4. The van der Waals surface area contributed by atoms with Crippen molar-refractivity contribution in [1.29, 1.82) is 0 Å². The van der Waals surface area contributed by atoms with Crippen LogP contribution in [0.1, 0.15) is 18.5 Å². The second-order valence-electron chi connectivity index (χ2n) is 7.40. The smallest absolute Gasteiger partial charge is 0.285 e. The standard InChI is InChI=1S/C19H21N9O2S/c29-17-13(31-19(30)27-17)7-12-1-4-20-18(26-12)28-5-2-11(3-6-28)8-21-15-14-16(23-9-22-14)25-10-24-15/h1,4,7,9-11,17,29H,2-3,5-6,8H2,(H,27,30)(H2,21,22,23,24,25). The van der Waals surface area contributed by atoms with Crippen LogP contribution in [0.5, 0.6) is 0 Å². The molecule has 0 bridgehead atoms. The fraction of sp³-hybridized carbons (Fsp3) is 0.368. The first kappa shape index (κ1) is 19.7. The van der Waals surface area contributed by atoms with Gasteiger partial charge in [0.1, 0.15) is 11.8 Å². The van der Waals surface area contributed by atoms with Crippen LogP contribution in [0, 0.1) is 5.92 Å². The molecule has 160 valence electrons. The van der Waals surface area contributed by atoms with E-state index >= 15 is 0 Å². The third kappa shape index (κ3) is 4.30. The molecule has 12 heteroatoms. The van der Waals surface area contributed by atoms with Crippen molar-refractivity contribution in [3.05, 3.63) is 35.5 Å². The second-order valence-corrected chi connectivity index (χ2v) is 8.45. The molecule has 11 nitrogen and oxygen atoms in total. The van der Waals surface area contributed by atoms with Gasteiger partial charge in [-0.15, -0.1) is 0 Å². The van der Waals surface area contributed by atoms with Crippen LogP contribution in [0.4, 0.5) is 16.6 Å². The first-order chi connectivity index (χ1) is 15.2. The summed E-state index contributed by atoms with van der Waals surface area (Å²) in [5.74, 6) is 1.94. The molecule has 5 rings (SSSR count). The third-order valence-corrected chi connectivity index (χ3v) is 6.25. The number of aromatic amines is 1. The van der Waals surface area contributed by atoms with Crippen molar-refractivity contribution in [2.24, 2.45) is 5.92 Å². The highest BCUT2D eigenvalue weighted by Crippen LogP contribution is 2.28. The highest BCUT2D eigenvalue weighted by molar-refractivity contribution is 8.17. The van der Waals surface area contributed by atoms with Gasteiger partial charge in [0.2, 0.25) is 5.95 Å². The lowest BCUT2D eigenvalue weighted by Gasteiger charge is -2.32. The van der Waals surface area contributed by atoms with Crippen LogP contribution in [0.3, 0.4) is 0 Å². The van der Waals surface area contributed by atoms with Crippen LogP contribution < -0.4 is 15.5 Å². The quantitative estimate of drug-likeness (QED) is 0.462. The molecule has 5 heterocycles. The van der Waals surface area contributed by atoms with Crippen LogP contribution in [0.25, 0.3) is 17.2 Å². The number of nitrogens with one attached hydrogen (secondary N) is 3. The van der Waals surface area contributed by atoms with E-state index < -0.39 is 6.23 Å². The van der Waals surface area contributed by atoms with Gasteiger partial charge in [-0.1, -0.05) is 0 Å². The zero-order chi connectivity index (χ0) is 21.2. The predicted molar refractivity (Wildman–Crippen MR) is 117 cm³/mol. The van der Waals surface area contributed by atoms with Crippen LogP contribution >= 0.6 is 11.8 Å². The molecule has 2 saturated heterocycles. The van der Waals surface area contributed by atoms with Crippen molar-refractivity contribution in [2.75, 3.05) is 29.9 Å². The summed E-state index contributed by atoms with van der Waals surface area (Å²) < 4.78 is 0. The number of hydrogen-bond acceptors (Lipinski definition) is 10. The van der Waals surface area contributed by atoms with Crippen molar-refractivity contribution in [2.45, 2.75) is 19.1 Å². The molecule has 3 aromatic rings. The van der Waals surface area contributed by atoms with Gasteiger partial charge in [0.25, 0.3) is 5.24 Å². The number of nitrogens with zero attached hydrogens (tertiary/aromatic N) is 6. The molecular formula is C19H21N9O2S. The lowest BCUT2D eigenvalue weighted by molar-refractivity contribution is 0.192. The number of carbonyl (C=O) groups excluding carboxylic acids is 1. The van der Waals surface area contributed by atoms with Gasteiger partial charge in [0, 0.05) is 30.7 Å². The van der Waals surface area contributed by atoms with Crippen molar-refractivity contribution >= 4 is 46.0 Å². The predicted octanol–water partition coefficient (Wildman–Crippen LogP) is 1.59. The molecule has 4 N–H and O–H groups in total. The average Bonchev–Trinajstić information content (AvgIpc) is 3.39. The zero-order valence-electron chi connectivity index (χ0n) is 16.5. The molecule has 31 heavy (non-hydrogen) atoms. The molecule has 1 atom stereocenters. The summed E-state index contributed by atoms with van der Waals surface area (Å²) in [5, 5.41) is 15.4. The Morgan fingerprint density at radius 2 is 2.13 bits per heavy atom. The van der Waals surface area contributed by atoms with E-state index in [0.29, 0.717) is 28.1 Å². The summed E-state index contributed by atoms with van der Waals surface area (Å²) in [6.07, 6.45) is 7.59. The molecule has 2 fully saturated rings. The van der Waals surface area contributed by atoms with E-state index in [2.05, 4.69) is 45.4 Å². The minimum Gasteiger partial charge on any atom is -0.369 e. The fourth-order valence-electron chi connectivity index (χ4n) is 3.70. The van der Waals surface area contributed by atoms with E-state index in [0.717, 1.165) is 55.6 Å². The molecule has 0 radical (unpaired) electrons. The number of thioether (sulfide) groups is 1. The van der Waals surface area contributed by atoms with E-state index in [1.165, 1.54) is 6.33 Å². The number of imidazole rings is 1. The van der Waals surface area contributed by atoms with Crippen molar-refractivity contribution < 1.29 is 9.90 Å². The van der Waals surface area contributed by atoms with E-state index in [4.69, 9.17) is 0 Å². The lowest BCUT2D eigenvalue weighted by atomic mass is 9.97. The number of fused-ring (bicyclic) bond motifs is 1. The van der Waals surface area contributed by atoms with E-state index in [1.807, 2.05) is 0 Å². The van der Waals surface area contributed by atoms with Gasteiger partial charge in [-0.2, -0.15) is 0 Å². The number of rotatable bonds is 5.